The minimum Gasteiger partial charge on any atom is -0.345 e. The molecule has 2 aromatic rings. The molecule has 1 unspecified atom stereocenters. The van der Waals surface area contributed by atoms with Crippen molar-refractivity contribution in [2.45, 2.75) is 10.9 Å². The quantitative estimate of drug-likeness (QED) is 0.882. The predicted molar refractivity (Wildman–Crippen MR) is 88.5 cm³/mol. The zero-order chi connectivity index (χ0) is 17.9. The standard InChI is InChI=1S/C16H18N4O3S/c1-19(2)24(22,23)13-9-15(20(3)11-13)16(21)18-14(10-17)12-7-5-4-6-8-12/h4-9,11,14H,1-3H3,(H,18,21). The van der Waals surface area contributed by atoms with E-state index in [2.05, 4.69) is 5.32 Å². The van der Waals surface area contributed by atoms with Crippen LogP contribution in [0.2, 0.25) is 0 Å². The Bertz CT molecular complexity index is 880. The maximum absolute atomic E-state index is 12.4. The van der Waals surface area contributed by atoms with Gasteiger partial charge in [-0.3, -0.25) is 4.79 Å². The molecule has 2 rings (SSSR count). The highest BCUT2D eigenvalue weighted by Gasteiger charge is 2.23. The van der Waals surface area contributed by atoms with E-state index in [1.807, 2.05) is 12.1 Å². The van der Waals surface area contributed by atoms with Crippen molar-refractivity contribution in [3.05, 3.63) is 53.9 Å². The molecular weight excluding hydrogens is 328 g/mol. The van der Waals surface area contributed by atoms with E-state index in [0.717, 1.165) is 4.31 Å². The highest BCUT2D eigenvalue weighted by atomic mass is 32.2. The minimum absolute atomic E-state index is 0.0216. The Kier molecular flexibility index (Phi) is 5.07. The number of benzene rings is 1. The normalized spacial score (nSPS) is 12.6. The molecule has 0 radical (unpaired) electrons. The Balaban J connectivity index is 2.28. The number of hydrogen-bond acceptors (Lipinski definition) is 4. The number of nitrogens with one attached hydrogen (secondary N) is 1. The fourth-order valence-corrected chi connectivity index (χ4v) is 3.13. The lowest BCUT2D eigenvalue weighted by molar-refractivity contribution is 0.0937. The van der Waals surface area contributed by atoms with Crippen molar-refractivity contribution in [1.29, 1.82) is 5.26 Å². The summed E-state index contributed by atoms with van der Waals surface area (Å²) < 4.78 is 26.8. The van der Waals surface area contributed by atoms with Gasteiger partial charge in [0, 0.05) is 27.3 Å². The van der Waals surface area contributed by atoms with Crippen molar-refractivity contribution in [3.63, 3.8) is 0 Å². The molecule has 0 spiro atoms. The molecule has 0 saturated heterocycles. The summed E-state index contributed by atoms with van der Waals surface area (Å²) in [6.45, 7) is 0. The molecule has 0 aliphatic rings. The summed E-state index contributed by atoms with van der Waals surface area (Å²) in [6.07, 6.45) is 1.37. The first-order chi connectivity index (χ1) is 11.3. The number of aryl methyl sites for hydroxylation is 1. The summed E-state index contributed by atoms with van der Waals surface area (Å²) in [5.74, 6) is -0.520. The molecule has 8 heteroatoms. The molecule has 0 aliphatic heterocycles. The third-order valence-corrected chi connectivity index (χ3v) is 5.31. The van der Waals surface area contributed by atoms with Gasteiger partial charge in [0.2, 0.25) is 10.0 Å². The van der Waals surface area contributed by atoms with Gasteiger partial charge in [-0.25, -0.2) is 12.7 Å². The summed E-state index contributed by atoms with van der Waals surface area (Å²) in [4.78, 5) is 12.4. The first kappa shape index (κ1) is 17.7. The van der Waals surface area contributed by atoms with E-state index in [4.69, 9.17) is 0 Å². The van der Waals surface area contributed by atoms with Crippen LogP contribution in [0.5, 0.6) is 0 Å². The van der Waals surface area contributed by atoms with Gasteiger partial charge in [-0.2, -0.15) is 5.26 Å². The van der Waals surface area contributed by atoms with Gasteiger partial charge in [0.25, 0.3) is 5.91 Å². The molecule has 1 heterocycles. The van der Waals surface area contributed by atoms with E-state index in [1.54, 1.807) is 31.3 Å². The fraction of sp³-hybridized carbons (Fsp3) is 0.250. The molecule has 24 heavy (non-hydrogen) atoms. The summed E-state index contributed by atoms with van der Waals surface area (Å²) >= 11 is 0. The highest BCUT2D eigenvalue weighted by molar-refractivity contribution is 7.89. The summed E-state index contributed by atoms with van der Waals surface area (Å²) in [7, 11) is 0.786. The average molecular weight is 346 g/mol. The SMILES string of the molecule is CN(C)S(=O)(=O)c1cc(C(=O)NC(C#N)c2ccccc2)n(C)c1. The number of amides is 1. The van der Waals surface area contributed by atoms with Gasteiger partial charge in [-0.05, 0) is 11.6 Å². The monoisotopic (exact) mass is 346 g/mol. The third-order valence-electron chi connectivity index (χ3n) is 3.53. The van der Waals surface area contributed by atoms with Crippen LogP contribution in [-0.4, -0.2) is 37.3 Å². The molecule has 126 valence electrons. The number of hydrogen-bond donors (Lipinski definition) is 1. The maximum Gasteiger partial charge on any atom is 0.269 e. The predicted octanol–water partition coefficient (Wildman–Crippen LogP) is 1.27. The number of rotatable bonds is 5. The zero-order valence-electron chi connectivity index (χ0n) is 13.6. The van der Waals surface area contributed by atoms with Crippen LogP contribution in [0.1, 0.15) is 22.1 Å². The second-order valence-electron chi connectivity index (χ2n) is 5.41. The van der Waals surface area contributed by atoms with Crippen molar-refractivity contribution >= 4 is 15.9 Å². The fourth-order valence-electron chi connectivity index (χ4n) is 2.15. The zero-order valence-corrected chi connectivity index (χ0v) is 14.4. The van der Waals surface area contributed by atoms with E-state index in [9.17, 15) is 18.5 Å². The van der Waals surface area contributed by atoms with Crippen molar-refractivity contribution < 1.29 is 13.2 Å². The van der Waals surface area contributed by atoms with E-state index in [1.165, 1.54) is 30.9 Å². The molecule has 0 bridgehead atoms. The van der Waals surface area contributed by atoms with E-state index in [0.29, 0.717) is 5.56 Å². The molecule has 1 N–H and O–H groups in total. The Hall–Kier alpha value is -2.63. The molecular formula is C16H18N4O3S. The van der Waals surface area contributed by atoms with Crippen LogP contribution in [0.3, 0.4) is 0 Å². The summed E-state index contributed by atoms with van der Waals surface area (Å²) in [5, 5.41) is 11.9. The highest BCUT2D eigenvalue weighted by Crippen LogP contribution is 2.18. The Morgan fingerprint density at radius 1 is 1.29 bits per heavy atom. The van der Waals surface area contributed by atoms with Gasteiger partial charge in [0.15, 0.2) is 0 Å². The lowest BCUT2D eigenvalue weighted by atomic mass is 10.1. The van der Waals surface area contributed by atoms with E-state index < -0.39 is 22.0 Å². The number of carbonyl (C=O) groups excluding carboxylic acids is 1. The second kappa shape index (κ2) is 6.86. The Morgan fingerprint density at radius 3 is 2.46 bits per heavy atom. The van der Waals surface area contributed by atoms with Crippen molar-refractivity contribution in [3.8, 4) is 6.07 Å². The lowest BCUT2D eigenvalue weighted by Gasteiger charge is -2.12. The number of nitriles is 1. The van der Waals surface area contributed by atoms with Gasteiger partial charge in [0.1, 0.15) is 16.6 Å². The van der Waals surface area contributed by atoms with Crippen LogP contribution in [0.15, 0.2) is 47.5 Å². The van der Waals surface area contributed by atoms with E-state index in [-0.39, 0.29) is 10.6 Å². The van der Waals surface area contributed by atoms with Gasteiger partial charge < -0.3 is 9.88 Å². The van der Waals surface area contributed by atoms with Crippen LogP contribution in [0, 0.1) is 11.3 Å². The number of sulfonamides is 1. The van der Waals surface area contributed by atoms with Crippen molar-refractivity contribution in [2.24, 2.45) is 7.05 Å². The third kappa shape index (κ3) is 3.48. The summed E-state index contributed by atoms with van der Waals surface area (Å²) in [5.41, 5.74) is 0.815. The minimum atomic E-state index is -3.63. The maximum atomic E-state index is 12.4. The van der Waals surface area contributed by atoms with Crippen molar-refractivity contribution in [1.82, 2.24) is 14.2 Å². The van der Waals surface area contributed by atoms with Crippen LogP contribution in [-0.2, 0) is 17.1 Å². The molecule has 1 aromatic carbocycles. The summed E-state index contributed by atoms with van der Waals surface area (Å²) in [6, 6.07) is 11.3. The van der Waals surface area contributed by atoms with Crippen molar-refractivity contribution in [2.75, 3.05) is 14.1 Å². The molecule has 7 nitrogen and oxygen atoms in total. The average Bonchev–Trinajstić information content (AvgIpc) is 2.95. The van der Waals surface area contributed by atoms with Crippen LogP contribution in [0.4, 0.5) is 0 Å². The molecule has 1 amide bonds. The first-order valence-corrected chi connectivity index (χ1v) is 8.55. The van der Waals surface area contributed by atoms with E-state index >= 15 is 0 Å². The topological polar surface area (TPSA) is 95.2 Å². The Labute approximate surface area is 141 Å². The van der Waals surface area contributed by atoms with Gasteiger partial charge in [-0.15, -0.1) is 0 Å². The largest absolute Gasteiger partial charge is 0.345 e. The Morgan fingerprint density at radius 2 is 1.92 bits per heavy atom. The van der Waals surface area contributed by atoms with Crippen LogP contribution < -0.4 is 5.32 Å². The van der Waals surface area contributed by atoms with Crippen LogP contribution in [0.25, 0.3) is 0 Å². The number of carbonyl (C=O) groups is 1. The number of aromatic nitrogens is 1. The molecule has 1 atom stereocenters. The molecule has 1 aromatic heterocycles. The molecule has 0 saturated carbocycles. The molecule has 0 aliphatic carbocycles. The van der Waals surface area contributed by atoms with Gasteiger partial charge in [-0.1, -0.05) is 30.3 Å². The molecule has 0 fully saturated rings. The lowest BCUT2D eigenvalue weighted by Crippen LogP contribution is -2.29. The van der Waals surface area contributed by atoms with Crippen LogP contribution >= 0.6 is 0 Å². The smallest absolute Gasteiger partial charge is 0.269 e. The van der Waals surface area contributed by atoms with Gasteiger partial charge in [0.05, 0.1) is 6.07 Å². The van der Waals surface area contributed by atoms with Gasteiger partial charge >= 0.3 is 0 Å². The second-order valence-corrected chi connectivity index (χ2v) is 7.56. The number of nitrogens with zero attached hydrogens (tertiary/aromatic N) is 3. The first-order valence-electron chi connectivity index (χ1n) is 7.11.